The van der Waals surface area contributed by atoms with Gasteiger partial charge < -0.3 is 9.84 Å². The second kappa shape index (κ2) is 6.58. The Labute approximate surface area is 124 Å². The topological polar surface area (TPSA) is 80.7 Å². The minimum Gasteiger partial charge on any atom is -0.497 e. The van der Waals surface area contributed by atoms with Gasteiger partial charge in [-0.05, 0) is 49.9 Å². The Morgan fingerprint density at radius 3 is 2.29 bits per heavy atom. The first-order valence-electron chi connectivity index (χ1n) is 6.99. The predicted octanol–water partition coefficient (Wildman–Crippen LogP) is 1.60. The van der Waals surface area contributed by atoms with Gasteiger partial charge in [-0.25, -0.2) is 8.42 Å². The first-order chi connectivity index (χ1) is 9.92. The molecule has 1 saturated carbocycles. The Bertz CT molecular complexity index is 583. The summed E-state index contributed by atoms with van der Waals surface area (Å²) in [6.45, 7) is 0. The molecule has 21 heavy (non-hydrogen) atoms. The van der Waals surface area contributed by atoms with Crippen LogP contribution >= 0.6 is 0 Å². The Kier molecular flexibility index (Phi) is 5.00. The van der Waals surface area contributed by atoms with E-state index < -0.39 is 32.7 Å². The summed E-state index contributed by atoms with van der Waals surface area (Å²) in [6.07, 6.45) is 1.42. The Balaban J connectivity index is 2.03. The fraction of sp³-hybridized carbons (Fsp3) is 0.533. The van der Waals surface area contributed by atoms with Crippen molar-refractivity contribution in [2.45, 2.75) is 37.0 Å². The Morgan fingerprint density at radius 2 is 1.76 bits per heavy atom. The van der Waals surface area contributed by atoms with E-state index in [4.69, 9.17) is 4.74 Å². The number of hydrogen-bond acceptors (Lipinski definition) is 5. The standard InChI is InChI=1S/C15H20O5S/c1-20-13-6-2-11(3-7-13)15(17)10-21(18,19)14-8-4-12(16)5-9-14/h2-3,6-7,12,14,16H,4-5,8-10H2,1H3. The Morgan fingerprint density at radius 1 is 1.19 bits per heavy atom. The molecule has 6 heteroatoms. The summed E-state index contributed by atoms with van der Waals surface area (Å²) in [7, 11) is -1.94. The first-order valence-corrected chi connectivity index (χ1v) is 8.71. The lowest BCUT2D eigenvalue weighted by Gasteiger charge is -2.24. The molecule has 0 aromatic heterocycles. The number of rotatable bonds is 5. The van der Waals surface area contributed by atoms with Gasteiger partial charge in [0.1, 0.15) is 11.5 Å². The lowest BCUT2D eigenvalue weighted by atomic mass is 9.97. The molecule has 1 N–H and O–H groups in total. The molecule has 0 radical (unpaired) electrons. The third-order valence-corrected chi connectivity index (χ3v) is 6.05. The number of carbonyl (C=O) groups excluding carboxylic acids is 1. The minimum absolute atomic E-state index is 0.371. The number of ketones is 1. The highest BCUT2D eigenvalue weighted by molar-refractivity contribution is 7.92. The maximum absolute atomic E-state index is 12.3. The van der Waals surface area contributed by atoms with Crippen molar-refractivity contribution < 1.29 is 23.1 Å². The molecule has 0 amide bonds. The number of aliphatic hydroxyl groups is 1. The highest BCUT2D eigenvalue weighted by atomic mass is 32.2. The molecule has 1 aliphatic carbocycles. The molecule has 116 valence electrons. The van der Waals surface area contributed by atoms with Gasteiger partial charge in [0.2, 0.25) is 0 Å². The van der Waals surface area contributed by atoms with E-state index in [0.29, 0.717) is 37.0 Å². The van der Waals surface area contributed by atoms with Crippen molar-refractivity contribution >= 4 is 15.6 Å². The van der Waals surface area contributed by atoms with Gasteiger partial charge in [-0.2, -0.15) is 0 Å². The predicted molar refractivity (Wildman–Crippen MR) is 79.4 cm³/mol. The van der Waals surface area contributed by atoms with Crippen molar-refractivity contribution in [1.29, 1.82) is 0 Å². The second-order valence-corrected chi connectivity index (χ2v) is 7.67. The quantitative estimate of drug-likeness (QED) is 0.835. The molecule has 0 unspecified atom stereocenters. The van der Waals surface area contributed by atoms with E-state index in [-0.39, 0.29) is 0 Å². The highest BCUT2D eigenvalue weighted by Crippen LogP contribution is 2.25. The van der Waals surface area contributed by atoms with Crippen LogP contribution in [-0.4, -0.2) is 43.5 Å². The summed E-state index contributed by atoms with van der Waals surface area (Å²) in [5, 5.41) is 8.92. The summed E-state index contributed by atoms with van der Waals surface area (Å²) >= 11 is 0. The van der Waals surface area contributed by atoms with Crippen molar-refractivity contribution in [2.75, 3.05) is 12.9 Å². The zero-order valence-corrected chi connectivity index (χ0v) is 12.8. The van der Waals surface area contributed by atoms with Crippen molar-refractivity contribution in [1.82, 2.24) is 0 Å². The Hall–Kier alpha value is -1.40. The van der Waals surface area contributed by atoms with Crippen LogP contribution in [0.2, 0.25) is 0 Å². The number of carbonyl (C=O) groups is 1. The first kappa shape index (κ1) is 16.0. The fourth-order valence-corrected chi connectivity index (χ4v) is 4.32. The van der Waals surface area contributed by atoms with E-state index in [9.17, 15) is 18.3 Å². The smallest absolute Gasteiger partial charge is 0.177 e. The largest absolute Gasteiger partial charge is 0.497 e. The molecule has 1 aromatic carbocycles. The maximum atomic E-state index is 12.3. The molecule has 5 nitrogen and oxygen atoms in total. The molecular formula is C15H20O5S. The third kappa shape index (κ3) is 4.04. The van der Waals surface area contributed by atoms with E-state index in [2.05, 4.69) is 0 Å². The minimum atomic E-state index is -3.46. The fourth-order valence-electron chi connectivity index (χ4n) is 2.57. The normalized spacial score (nSPS) is 22.8. The lowest BCUT2D eigenvalue weighted by Crippen LogP contribution is -2.33. The average Bonchev–Trinajstić information content (AvgIpc) is 2.47. The zero-order valence-electron chi connectivity index (χ0n) is 12.0. The van der Waals surface area contributed by atoms with E-state index in [1.807, 2.05) is 0 Å². The number of benzene rings is 1. The monoisotopic (exact) mass is 312 g/mol. The van der Waals surface area contributed by atoms with Crippen molar-refractivity contribution in [3.8, 4) is 5.75 Å². The molecule has 1 aromatic rings. The second-order valence-electron chi connectivity index (χ2n) is 5.39. The van der Waals surface area contributed by atoms with Crippen LogP contribution in [0.4, 0.5) is 0 Å². The van der Waals surface area contributed by atoms with E-state index in [1.54, 1.807) is 24.3 Å². The molecule has 0 saturated heterocycles. The summed E-state index contributed by atoms with van der Waals surface area (Å²) in [4.78, 5) is 12.1. The van der Waals surface area contributed by atoms with Crippen LogP contribution in [-0.2, 0) is 9.84 Å². The van der Waals surface area contributed by atoms with Crippen LogP contribution in [0.25, 0.3) is 0 Å². The molecule has 1 fully saturated rings. The number of Topliss-reactive ketones (excluding diaryl/α,β-unsaturated/α-hetero) is 1. The molecule has 0 aliphatic heterocycles. The SMILES string of the molecule is COc1ccc(C(=O)CS(=O)(=O)C2CCC(O)CC2)cc1. The van der Waals surface area contributed by atoms with E-state index >= 15 is 0 Å². The van der Waals surface area contributed by atoms with E-state index in [1.165, 1.54) is 7.11 Å². The summed E-state index contributed by atoms with van der Waals surface area (Å²) < 4.78 is 29.5. The number of methoxy groups -OCH3 is 1. The van der Waals surface area contributed by atoms with Gasteiger partial charge in [0, 0.05) is 5.56 Å². The van der Waals surface area contributed by atoms with Crippen LogP contribution in [0.5, 0.6) is 5.75 Å². The van der Waals surface area contributed by atoms with Gasteiger partial charge in [-0.15, -0.1) is 0 Å². The molecular weight excluding hydrogens is 292 g/mol. The van der Waals surface area contributed by atoms with Crippen LogP contribution < -0.4 is 4.74 Å². The molecule has 2 rings (SSSR count). The van der Waals surface area contributed by atoms with Gasteiger partial charge >= 0.3 is 0 Å². The molecule has 0 spiro atoms. The summed E-state index contributed by atoms with van der Waals surface area (Å²) in [5.41, 5.74) is 0.371. The van der Waals surface area contributed by atoms with Gasteiger partial charge in [0.15, 0.2) is 15.6 Å². The number of ether oxygens (including phenoxy) is 1. The zero-order chi connectivity index (χ0) is 15.5. The van der Waals surface area contributed by atoms with Gasteiger partial charge in [-0.3, -0.25) is 4.79 Å². The number of hydrogen-bond donors (Lipinski definition) is 1. The van der Waals surface area contributed by atoms with Gasteiger partial charge in [0.05, 0.1) is 18.5 Å². The molecule has 0 bridgehead atoms. The van der Waals surface area contributed by atoms with E-state index in [0.717, 1.165) is 0 Å². The van der Waals surface area contributed by atoms with Gasteiger partial charge in [-0.1, -0.05) is 0 Å². The van der Waals surface area contributed by atoms with Crippen molar-refractivity contribution in [3.05, 3.63) is 29.8 Å². The number of sulfone groups is 1. The van der Waals surface area contributed by atoms with Crippen LogP contribution in [0.15, 0.2) is 24.3 Å². The summed E-state index contributed by atoms with van der Waals surface area (Å²) in [6, 6.07) is 6.41. The molecule has 1 aliphatic rings. The third-order valence-electron chi connectivity index (χ3n) is 3.90. The number of aliphatic hydroxyl groups excluding tert-OH is 1. The molecule has 0 atom stereocenters. The molecule has 0 heterocycles. The maximum Gasteiger partial charge on any atom is 0.177 e. The lowest BCUT2D eigenvalue weighted by molar-refractivity contribution is 0.102. The average molecular weight is 312 g/mol. The van der Waals surface area contributed by atoms with Crippen molar-refractivity contribution in [3.63, 3.8) is 0 Å². The van der Waals surface area contributed by atoms with Crippen LogP contribution in [0.1, 0.15) is 36.0 Å². The van der Waals surface area contributed by atoms with Crippen LogP contribution in [0.3, 0.4) is 0 Å². The highest BCUT2D eigenvalue weighted by Gasteiger charge is 2.31. The summed E-state index contributed by atoms with van der Waals surface area (Å²) in [5.74, 6) is -0.250. The van der Waals surface area contributed by atoms with Crippen molar-refractivity contribution in [2.24, 2.45) is 0 Å². The van der Waals surface area contributed by atoms with Gasteiger partial charge in [0.25, 0.3) is 0 Å². The van der Waals surface area contributed by atoms with Crippen LogP contribution in [0, 0.1) is 0 Å².